The Labute approximate surface area is 118 Å². The molecular formula is C13H12ClNO5. The molecule has 3 N–H and O–H groups in total. The monoisotopic (exact) mass is 297 g/mol. The van der Waals surface area contributed by atoms with Gasteiger partial charge in [0.1, 0.15) is 5.69 Å². The molecule has 0 spiro atoms. The molecule has 0 aliphatic heterocycles. The maximum atomic E-state index is 11.9. The number of carboxylic acids is 1. The van der Waals surface area contributed by atoms with Crippen LogP contribution in [0.3, 0.4) is 0 Å². The van der Waals surface area contributed by atoms with Crippen molar-refractivity contribution in [2.45, 2.75) is 12.6 Å². The lowest BCUT2D eigenvalue weighted by Gasteiger charge is -2.17. The number of aliphatic hydroxyl groups excluding tert-OH is 2. The number of rotatable bonds is 4. The fraction of sp³-hybridized carbons (Fsp3) is 0.231. The van der Waals surface area contributed by atoms with Crippen molar-refractivity contribution in [3.8, 4) is 0 Å². The van der Waals surface area contributed by atoms with Crippen LogP contribution in [0, 0.1) is 0 Å². The topological polar surface area (TPSA) is 99.8 Å². The Balaban J connectivity index is 2.85. The van der Waals surface area contributed by atoms with Gasteiger partial charge in [-0.15, -0.1) is 0 Å². The number of aromatic nitrogens is 1. The summed E-state index contributed by atoms with van der Waals surface area (Å²) in [6.45, 7) is -0.713. The Bertz CT molecular complexity index is 725. The molecule has 0 fully saturated rings. The van der Waals surface area contributed by atoms with Gasteiger partial charge in [-0.25, -0.2) is 4.79 Å². The molecule has 0 bridgehead atoms. The highest BCUT2D eigenvalue weighted by Crippen LogP contribution is 2.23. The van der Waals surface area contributed by atoms with Crippen LogP contribution in [0.5, 0.6) is 0 Å². The number of carboxylic acid groups (broad SMARTS) is 1. The van der Waals surface area contributed by atoms with E-state index in [9.17, 15) is 19.8 Å². The minimum atomic E-state index is -1.31. The molecule has 20 heavy (non-hydrogen) atoms. The lowest BCUT2D eigenvalue weighted by Crippen LogP contribution is -2.26. The van der Waals surface area contributed by atoms with Crippen molar-refractivity contribution in [2.75, 3.05) is 6.61 Å². The molecular weight excluding hydrogens is 286 g/mol. The summed E-state index contributed by atoms with van der Waals surface area (Å²) in [5.41, 5.74) is -0.524. The first kappa shape index (κ1) is 14.5. The third-order valence-corrected chi connectivity index (χ3v) is 3.21. The largest absolute Gasteiger partial charge is 0.477 e. The predicted molar refractivity (Wildman–Crippen MR) is 73.3 cm³/mol. The molecule has 1 aromatic heterocycles. The summed E-state index contributed by atoms with van der Waals surface area (Å²) >= 11 is 6.04. The van der Waals surface area contributed by atoms with E-state index >= 15 is 0 Å². The van der Waals surface area contributed by atoms with E-state index in [4.69, 9.17) is 16.7 Å². The molecule has 0 saturated heterocycles. The molecule has 0 saturated carbocycles. The summed E-state index contributed by atoms with van der Waals surface area (Å²) in [5, 5.41) is 28.1. The highest BCUT2D eigenvalue weighted by atomic mass is 35.5. The van der Waals surface area contributed by atoms with Crippen LogP contribution in [0.15, 0.2) is 29.1 Å². The molecule has 0 radical (unpaired) electrons. The smallest absolute Gasteiger partial charge is 0.352 e. The molecule has 1 heterocycles. The number of halogens is 1. The first-order chi connectivity index (χ1) is 9.45. The molecule has 2 rings (SSSR count). The highest BCUT2D eigenvalue weighted by Gasteiger charge is 2.18. The van der Waals surface area contributed by atoms with Gasteiger partial charge in [-0.05, 0) is 12.1 Å². The summed E-state index contributed by atoms with van der Waals surface area (Å²) in [5.74, 6) is -1.31. The van der Waals surface area contributed by atoms with Crippen molar-refractivity contribution >= 4 is 28.5 Å². The Morgan fingerprint density at radius 3 is 2.70 bits per heavy atom. The summed E-state index contributed by atoms with van der Waals surface area (Å²) in [6.07, 6.45) is -1.16. The molecule has 6 nitrogen and oxygen atoms in total. The normalized spacial score (nSPS) is 12.6. The minimum absolute atomic E-state index is 0.182. The van der Waals surface area contributed by atoms with E-state index in [1.165, 1.54) is 16.7 Å². The number of pyridine rings is 1. The maximum absolute atomic E-state index is 11.9. The molecule has 7 heteroatoms. The molecule has 0 amide bonds. The van der Waals surface area contributed by atoms with Gasteiger partial charge in [0.15, 0.2) is 5.43 Å². The zero-order chi connectivity index (χ0) is 14.9. The van der Waals surface area contributed by atoms with Crippen LogP contribution in [0.2, 0.25) is 5.02 Å². The Hall–Kier alpha value is -1.89. The molecule has 1 atom stereocenters. The zero-order valence-electron chi connectivity index (χ0n) is 10.3. The van der Waals surface area contributed by atoms with Crippen molar-refractivity contribution in [3.63, 3.8) is 0 Å². The van der Waals surface area contributed by atoms with Crippen LogP contribution in [0.1, 0.15) is 10.5 Å². The SMILES string of the molecule is O=C(O)c1cc(=O)c2cccc(Cl)c2n1CC(O)CO. The van der Waals surface area contributed by atoms with E-state index < -0.39 is 24.1 Å². The van der Waals surface area contributed by atoms with E-state index in [0.717, 1.165) is 6.07 Å². The van der Waals surface area contributed by atoms with Gasteiger partial charge in [-0.3, -0.25) is 4.79 Å². The Kier molecular flexibility index (Phi) is 4.08. The highest BCUT2D eigenvalue weighted by molar-refractivity contribution is 6.35. The van der Waals surface area contributed by atoms with Crippen molar-refractivity contribution in [2.24, 2.45) is 0 Å². The van der Waals surface area contributed by atoms with Gasteiger partial charge in [0.05, 0.1) is 29.8 Å². The summed E-state index contributed by atoms with van der Waals surface area (Å²) in [7, 11) is 0. The second-order valence-electron chi connectivity index (χ2n) is 4.28. The van der Waals surface area contributed by atoms with E-state index in [1.807, 2.05) is 0 Å². The third kappa shape index (κ3) is 2.53. The van der Waals surface area contributed by atoms with Gasteiger partial charge < -0.3 is 19.9 Å². The van der Waals surface area contributed by atoms with Gasteiger partial charge in [-0.1, -0.05) is 17.7 Å². The van der Waals surface area contributed by atoms with Gasteiger partial charge in [-0.2, -0.15) is 0 Å². The molecule has 2 aromatic rings. The summed E-state index contributed by atoms with van der Waals surface area (Å²) < 4.78 is 1.22. The molecule has 1 unspecified atom stereocenters. The van der Waals surface area contributed by atoms with Gasteiger partial charge >= 0.3 is 5.97 Å². The second-order valence-corrected chi connectivity index (χ2v) is 4.69. The lowest BCUT2D eigenvalue weighted by atomic mass is 10.1. The number of nitrogens with zero attached hydrogens (tertiary/aromatic N) is 1. The van der Waals surface area contributed by atoms with Crippen LogP contribution < -0.4 is 5.43 Å². The van der Waals surface area contributed by atoms with E-state index in [-0.39, 0.29) is 28.2 Å². The molecule has 0 aliphatic rings. The van der Waals surface area contributed by atoms with Crippen molar-refractivity contribution < 1.29 is 20.1 Å². The van der Waals surface area contributed by atoms with Crippen LogP contribution in [0.25, 0.3) is 10.9 Å². The quantitative estimate of drug-likeness (QED) is 0.771. The van der Waals surface area contributed by atoms with Gasteiger partial charge in [0, 0.05) is 11.5 Å². The Morgan fingerprint density at radius 2 is 2.10 bits per heavy atom. The summed E-state index contributed by atoms with van der Waals surface area (Å²) in [6, 6.07) is 5.61. The Morgan fingerprint density at radius 1 is 1.40 bits per heavy atom. The second kappa shape index (κ2) is 5.62. The third-order valence-electron chi connectivity index (χ3n) is 2.90. The number of aliphatic hydroxyl groups is 2. The van der Waals surface area contributed by atoms with E-state index in [1.54, 1.807) is 6.07 Å². The number of fused-ring (bicyclic) bond motifs is 1. The van der Waals surface area contributed by atoms with Crippen LogP contribution >= 0.6 is 11.6 Å². The number of para-hydroxylation sites is 1. The average Bonchev–Trinajstić information content (AvgIpc) is 2.41. The van der Waals surface area contributed by atoms with Crippen molar-refractivity contribution in [3.05, 3.63) is 45.2 Å². The lowest BCUT2D eigenvalue weighted by molar-refractivity contribution is 0.0656. The van der Waals surface area contributed by atoms with Gasteiger partial charge in [0.2, 0.25) is 0 Å². The number of aromatic carboxylic acids is 1. The van der Waals surface area contributed by atoms with E-state index in [0.29, 0.717) is 0 Å². The van der Waals surface area contributed by atoms with Crippen LogP contribution in [0.4, 0.5) is 0 Å². The number of hydrogen-bond acceptors (Lipinski definition) is 4. The number of carbonyl (C=O) groups is 1. The minimum Gasteiger partial charge on any atom is -0.477 e. The summed E-state index contributed by atoms with van der Waals surface area (Å²) in [4.78, 5) is 23.2. The first-order valence-electron chi connectivity index (χ1n) is 5.80. The fourth-order valence-electron chi connectivity index (χ4n) is 2.02. The number of hydrogen-bond donors (Lipinski definition) is 3. The van der Waals surface area contributed by atoms with Gasteiger partial charge in [0.25, 0.3) is 0 Å². The number of benzene rings is 1. The standard InChI is InChI=1S/C13H12ClNO5/c14-9-3-1-2-8-11(18)4-10(13(19)20)15(12(8)9)5-7(17)6-16/h1-4,7,16-17H,5-6H2,(H,19,20). The predicted octanol–water partition coefficient (Wildman–Crippen LogP) is 0.706. The van der Waals surface area contributed by atoms with Crippen LogP contribution in [-0.4, -0.2) is 38.6 Å². The first-order valence-corrected chi connectivity index (χ1v) is 6.17. The van der Waals surface area contributed by atoms with Crippen LogP contribution in [-0.2, 0) is 6.54 Å². The molecule has 0 aliphatic carbocycles. The maximum Gasteiger partial charge on any atom is 0.352 e. The average molecular weight is 298 g/mol. The van der Waals surface area contributed by atoms with Crippen molar-refractivity contribution in [1.82, 2.24) is 4.57 Å². The van der Waals surface area contributed by atoms with Crippen molar-refractivity contribution in [1.29, 1.82) is 0 Å². The van der Waals surface area contributed by atoms with E-state index in [2.05, 4.69) is 0 Å². The fourth-order valence-corrected chi connectivity index (χ4v) is 2.30. The molecule has 106 valence electrons. The molecule has 1 aromatic carbocycles. The zero-order valence-corrected chi connectivity index (χ0v) is 11.0.